The lowest BCUT2D eigenvalue weighted by Crippen LogP contribution is -2.54. The zero-order valence-corrected chi connectivity index (χ0v) is 21.7. The number of unbranched alkanes of at least 4 members (excludes halogenated alkanes) is 13. The van der Waals surface area contributed by atoms with E-state index in [9.17, 15) is 15.3 Å². The molecule has 0 bridgehead atoms. The van der Waals surface area contributed by atoms with E-state index in [0.717, 1.165) is 18.4 Å². The van der Waals surface area contributed by atoms with Crippen molar-refractivity contribution in [1.29, 1.82) is 0 Å². The highest BCUT2D eigenvalue weighted by molar-refractivity contribution is 5.20. The summed E-state index contributed by atoms with van der Waals surface area (Å²) >= 11 is 0. The van der Waals surface area contributed by atoms with Crippen molar-refractivity contribution < 1.29 is 24.8 Å². The summed E-state index contributed by atoms with van der Waals surface area (Å²) in [6, 6.07) is 9.52. The molecule has 0 aromatic heterocycles. The average molecular weight is 479 g/mol. The minimum Gasteiger partial charge on any atom is -0.390 e. The van der Waals surface area contributed by atoms with Crippen LogP contribution < -0.4 is 0 Å². The molecule has 1 unspecified atom stereocenters. The molecule has 1 aliphatic rings. The van der Waals surface area contributed by atoms with Gasteiger partial charge in [0.05, 0.1) is 6.10 Å². The molecule has 1 aromatic rings. The Balaban J connectivity index is 1.61. The lowest BCUT2D eigenvalue weighted by Gasteiger charge is -2.33. The zero-order chi connectivity index (χ0) is 24.7. The second kappa shape index (κ2) is 16.6. The van der Waals surface area contributed by atoms with Gasteiger partial charge in [0.15, 0.2) is 6.29 Å². The number of ether oxygens (including phenoxy) is 2. The summed E-state index contributed by atoms with van der Waals surface area (Å²) in [4.78, 5) is 0. The molecule has 1 saturated heterocycles. The lowest BCUT2D eigenvalue weighted by atomic mass is 9.82. The molecule has 5 atom stereocenters. The first kappa shape index (κ1) is 29.3. The molecule has 0 spiro atoms. The van der Waals surface area contributed by atoms with Gasteiger partial charge in [-0.15, -0.1) is 0 Å². The molecule has 34 heavy (non-hydrogen) atoms. The Morgan fingerprint density at radius 3 is 1.85 bits per heavy atom. The first-order chi connectivity index (χ1) is 16.5. The van der Waals surface area contributed by atoms with Crippen LogP contribution in [0.15, 0.2) is 30.3 Å². The maximum absolute atomic E-state index is 11.3. The Bertz CT molecular complexity index is 624. The van der Waals surface area contributed by atoms with Gasteiger partial charge in [0.2, 0.25) is 0 Å². The molecule has 1 fully saturated rings. The maximum Gasteiger partial charge on any atom is 0.186 e. The predicted molar refractivity (Wildman–Crippen MR) is 138 cm³/mol. The van der Waals surface area contributed by atoms with E-state index in [0.29, 0.717) is 6.42 Å². The van der Waals surface area contributed by atoms with Crippen molar-refractivity contribution >= 4 is 0 Å². The fraction of sp³-hybridized carbons (Fsp3) is 0.793. The molecule has 0 aliphatic carbocycles. The van der Waals surface area contributed by atoms with Crippen LogP contribution in [-0.4, -0.2) is 52.6 Å². The summed E-state index contributed by atoms with van der Waals surface area (Å²) in [5, 5.41) is 32.9. The normalized spacial score (nSPS) is 25.6. The topological polar surface area (TPSA) is 79.2 Å². The quantitative estimate of drug-likeness (QED) is 0.215. The highest BCUT2D eigenvalue weighted by Gasteiger charge is 2.57. The first-order valence-corrected chi connectivity index (χ1v) is 13.8. The molecule has 1 heterocycles. The van der Waals surface area contributed by atoms with Crippen molar-refractivity contribution in [3.05, 3.63) is 35.9 Å². The summed E-state index contributed by atoms with van der Waals surface area (Å²) in [6.45, 7) is 2.26. The van der Waals surface area contributed by atoms with E-state index in [1.54, 1.807) is 0 Å². The third-order valence-corrected chi connectivity index (χ3v) is 7.31. The van der Waals surface area contributed by atoms with E-state index >= 15 is 0 Å². The summed E-state index contributed by atoms with van der Waals surface area (Å²) in [5.41, 5.74) is -0.699. The van der Waals surface area contributed by atoms with Crippen LogP contribution in [0.1, 0.15) is 109 Å². The number of hydrogen-bond donors (Lipinski definition) is 3. The molecule has 0 radical (unpaired) electrons. The van der Waals surface area contributed by atoms with E-state index in [2.05, 4.69) is 6.92 Å². The number of aliphatic hydroxyl groups is 3. The van der Waals surface area contributed by atoms with Gasteiger partial charge in [-0.2, -0.15) is 0 Å². The van der Waals surface area contributed by atoms with Crippen LogP contribution in [0.25, 0.3) is 0 Å². The molecular formula is C29H50O5. The van der Waals surface area contributed by atoms with E-state index in [1.807, 2.05) is 30.3 Å². The van der Waals surface area contributed by atoms with E-state index in [-0.39, 0.29) is 6.42 Å². The first-order valence-electron chi connectivity index (χ1n) is 13.8. The van der Waals surface area contributed by atoms with Gasteiger partial charge in [0.1, 0.15) is 17.8 Å². The van der Waals surface area contributed by atoms with Gasteiger partial charge in [-0.25, -0.2) is 0 Å². The zero-order valence-electron chi connectivity index (χ0n) is 21.7. The third kappa shape index (κ3) is 9.58. The molecule has 5 nitrogen and oxygen atoms in total. The van der Waals surface area contributed by atoms with Crippen LogP contribution in [0.4, 0.5) is 0 Å². The van der Waals surface area contributed by atoms with Crippen LogP contribution in [0.2, 0.25) is 0 Å². The van der Waals surface area contributed by atoms with Crippen molar-refractivity contribution in [3.63, 3.8) is 0 Å². The van der Waals surface area contributed by atoms with Crippen LogP contribution in [0.3, 0.4) is 0 Å². The molecule has 196 valence electrons. The van der Waals surface area contributed by atoms with Gasteiger partial charge in [0.25, 0.3) is 0 Å². The van der Waals surface area contributed by atoms with Crippen molar-refractivity contribution in [2.45, 2.75) is 140 Å². The Hall–Kier alpha value is -0.980. The van der Waals surface area contributed by atoms with Crippen LogP contribution in [0, 0.1) is 0 Å². The third-order valence-electron chi connectivity index (χ3n) is 7.31. The van der Waals surface area contributed by atoms with Gasteiger partial charge in [-0.05, 0) is 12.0 Å². The molecule has 1 aromatic carbocycles. The summed E-state index contributed by atoms with van der Waals surface area (Å²) in [7, 11) is 1.44. The average Bonchev–Trinajstić information content (AvgIpc) is 3.09. The molecule has 2 rings (SSSR count). The minimum atomic E-state index is -1.59. The maximum atomic E-state index is 11.3. The molecule has 0 amide bonds. The Labute approximate surface area is 207 Å². The van der Waals surface area contributed by atoms with Crippen LogP contribution in [-0.2, 0) is 15.9 Å². The van der Waals surface area contributed by atoms with Crippen molar-refractivity contribution in [2.75, 3.05) is 7.11 Å². The van der Waals surface area contributed by atoms with Crippen molar-refractivity contribution in [2.24, 2.45) is 0 Å². The lowest BCUT2D eigenvalue weighted by molar-refractivity contribution is -0.165. The monoisotopic (exact) mass is 478 g/mol. The van der Waals surface area contributed by atoms with Gasteiger partial charge in [-0.1, -0.05) is 127 Å². The van der Waals surface area contributed by atoms with Gasteiger partial charge >= 0.3 is 0 Å². The minimum absolute atomic E-state index is 0.204. The van der Waals surface area contributed by atoms with Gasteiger partial charge in [-0.3, -0.25) is 0 Å². The summed E-state index contributed by atoms with van der Waals surface area (Å²) in [5.74, 6) is 0. The second-order valence-electron chi connectivity index (χ2n) is 10.2. The Morgan fingerprint density at radius 1 is 0.853 bits per heavy atom. The molecular weight excluding hydrogens is 428 g/mol. The number of aliphatic hydroxyl groups excluding tert-OH is 2. The van der Waals surface area contributed by atoms with E-state index in [4.69, 9.17) is 9.47 Å². The number of methoxy groups -OCH3 is 1. The smallest absolute Gasteiger partial charge is 0.186 e. The number of hydrogen-bond acceptors (Lipinski definition) is 5. The fourth-order valence-corrected chi connectivity index (χ4v) is 5.18. The Morgan fingerprint density at radius 2 is 1.35 bits per heavy atom. The number of benzene rings is 1. The van der Waals surface area contributed by atoms with E-state index < -0.39 is 30.2 Å². The molecule has 1 aliphatic heterocycles. The highest BCUT2D eigenvalue weighted by Crippen LogP contribution is 2.37. The van der Waals surface area contributed by atoms with Crippen LogP contribution >= 0.6 is 0 Å². The van der Waals surface area contributed by atoms with Crippen molar-refractivity contribution in [1.82, 2.24) is 0 Å². The fourth-order valence-electron chi connectivity index (χ4n) is 5.18. The standard InChI is InChI=1S/C29H50O5/c1-3-4-5-6-7-8-9-10-11-12-13-14-15-19-22-25(30)27-29(32,26(31)28(33-2)34-27)23-24-20-17-16-18-21-24/h16-18,20-21,25-28,30-32H,3-15,19,22-23H2,1-2H3/t25?,26-,27+,28-,29-/m0/s1. The number of rotatable bonds is 19. The highest BCUT2D eigenvalue weighted by atomic mass is 16.7. The van der Waals surface area contributed by atoms with Gasteiger partial charge < -0.3 is 24.8 Å². The Kier molecular flexibility index (Phi) is 14.3. The predicted octanol–water partition coefficient (Wildman–Crippen LogP) is 5.92. The summed E-state index contributed by atoms with van der Waals surface area (Å²) < 4.78 is 11.0. The summed E-state index contributed by atoms with van der Waals surface area (Å²) in [6.07, 6.45) is 14.9. The van der Waals surface area contributed by atoms with Crippen LogP contribution in [0.5, 0.6) is 0 Å². The SMILES string of the molecule is CCCCCCCCCCCCCCCCC(O)[C@H]1O[C@H](OC)[C@H](O)[C@@]1(O)Cc1ccccc1. The molecule has 5 heteroatoms. The molecule has 3 N–H and O–H groups in total. The van der Waals surface area contributed by atoms with E-state index in [1.165, 1.54) is 84.2 Å². The largest absolute Gasteiger partial charge is 0.390 e. The second-order valence-corrected chi connectivity index (χ2v) is 10.2. The van der Waals surface area contributed by atoms with Gasteiger partial charge in [0, 0.05) is 13.5 Å². The molecule has 0 saturated carbocycles. The van der Waals surface area contributed by atoms with Crippen molar-refractivity contribution in [3.8, 4) is 0 Å².